The maximum atomic E-state index is 12.4. The Bertz CT molecular complexity index is 1060. The van der Waals surface area contributed by atoms with Gasteiger partial charge in [-0.3, -0.25) is 14.1 Å². The Balaban J connectivity index is 3.99. The second kappa shape index (κ2) is 38.8. The number of rotatable bonds is 39. The molecule has 320 valence electrons. The molecule has 0 amide bonds. The summed E-state index contributed by atoms with van der Waals surface area (Å²) in [6.45, 7) is 5.80. The first-order valence-corrected chi connectivity index (χ1v) is 23.4. The normalized spacial score (nSPS) is 13.6. The van der Waals surface area contributed by atoms with Gasteiger partial charge in [-0.25, -0.2) is 4.57 Å². The molecule has 0 aromatic heterocycles. The van der Waals surface area contributed by atoms with Crippen LogP contribution in [0.25, 0.3) is 0 Å². The van der Waals surface area contributed by atoms with Gasteiger partial charge in [-0.05, 0) is 57.3 Å². The van der Waals surface area contributed by atoms with Crippen LogP contribution in [0, 0.1) is 5.92 Å². The van der Waals surface area contributed by atoms with E-state index >= 15 is 0 Å². The molecule has 0 aliphatic rings. The van der Waals surface area contributed by atoms with E-state index in [0.29, 0.717) is 25.7 Å². The summed E-state index contributed by atoms with van der Waals surface area (Å²) in [5, 5.41) is 9.71. The third-order valence-corrected chi connectivity index (χ3v) is 9.82. The van der Waals surface area contributed by atoms with Crippen molar-refractivity contribution in [1.82, 2.24) is 0 Å². The van der Waals surface area contributed by atoms with Crippen LogP contribution in [0.4, 0.5) is 0 Å². The number of allylic oxidation sites excluding steroid dienone is 7. The highest BCUT2D eigenvalue weighted by atomic mass is 31.2. The quantitative estimate of drug-likeness (QED) is 0.0240. The number of ether oxygens (including phenoxy) is 2. The van der Waals surface area contributed by atoms with Crippen LogP contribution in [0.2, 0.25) is 0 Å². The van der Waals surface area contributed by atoms with Crippen molar-refractivity contribution < 1.29 is 43.0 Å². The minimum absolute atomic E-state index is 0.176. The monoisotopic (exact) mass is 797 g/mol. The Morgan fingerprint density at radius 2 is 1.04 bits per heavy atom. The molecule has 0 spiro atoms. The minimum Gasteiger partial charge on any atom is -0.462 e. The van der Waals surface area contributed by atoms with Crippen LogP contribution in [-0.2, 0) is 28.2 Å². The van der Waals surface area contributed by atoms with E-state index in [1.807, 2.05) is 18.2 Å². The zero-order chi connectivity index (χ0) is 40.7. The molecule has 0 aliphatic carbocycles. The Hall–Kier alpha value is -2.03. The topological polar surface area (TPSA) is 140 Å². The molecular formula is C45H81O9P. The lowest BCUT2D eigenvalue weighted by molar-refractivity contribution is -0.161. The summed E-state index contributed by atoms with van der Waals surface area (Å²) in [5.41, 5.74) is 0. The minimum atomic E-state index is -4.78. The summed E-state index contributed by atoms with van der Waals surface area (Å²) in [7, 11) is -4.78. The highest BCUT2D eigenvalue weighted by Gasteiger charge is 2.22. The first-order chi connectivity index (χ1) is 26.5. The molecule has 1 unspecified atom stereocenters. The Morgan fingerprint density at radius 1 is 0.582 bits per heavy atom. The smallest absolute Gasteiger partial charge is 0.462 e. The molecule has 3 N–H and O–H groups in total. The number of unbranched alkanes of at least 4 members (excludes halogenated alkanes) is 16. The van der Waals surface area contributed by atoms with Gasteiger partial charge in [0.1, 0.15) is 6.61 Å². The molecule has 9 nitrogen and oxygen atoms in total. The van der Waals surface area contributed by atoms with Crippen LogP contribution < -0.4 is 0 Å². The zero-order valence-electron chi connectivity index (χ0n) is 35.1. The number of aliphatic hydroxyl groups is 1. The molecule has 0 saturated heterocycles. The lowest BCUT2D eigenvalue weighted by atomic mass is 10.0. The van der Waals surface area contributed by atoms with Crippen LogP contribution in [0.5, 0.6) is 0 Å². The van der Waals surface area contributed by atoms with E-state index in [0.717, 1.165) is 57.3 Å². The van der Waals surface area contributed by atoms with Crippen molar-refractivity contribution in [3.63, 3.8) is 0 Å². The lowest BCUT2D eigenvalue weighted by Gasteiger charge is -2.18. The third-order valence-electron chi connectivity index (χ3n) is 9.33. The molecular weight excluding hydrogens is 715 g/mol. The standard InChI is InChI=1S/C45H81O9P/c1-4-34-42(46)36-31-27-23-19-15-11-9-13-16-20-24-28-32-37-44(47)52-39-43(40-53-55(49,50)51)54-45(48)38-33-29-25-21-17-12-8-6-5-7-10-14-18-22-26-30-35-41(2)3/h9,13,15,19-20,24,27,31,41-43,46H,4-8,10-12,14,16-18,21-23,25-26,28-30,32-40H2,1-3H3,(H2,49,50,51)/b13-9-,19-15-,24-20-,31-27-/t42?,43-/m1/s1. The number of phosphoric ester groups is 1. The van der Waals surface area contributed by atoms with E-state index in [1.54, 1.807) is 0 Å². The van der Waals surface area contributed by atoms with Crippen molar-refractivity contribution in [2.75, 3.05) is 13.2 Å². The summed E-state index contributed by atoms with van der Waals surface area (Å²) >= 11 is 0. The Labute approximate surface area is 336 Å². The summed E-state index contributed by atoms with van der Waals surface area (Å²) in [4.78, 5) is 42.9. The molecule has 0 saturated carbocycles. The molecule has 0 aromatic rings. The molecule has 0 radical (unpaired) electrons. The molecule has 0 heterocycles. The predicted octanol–water partition coefficient (Wildman–Crippen LogP) is 12.3. The van der Waals surface area contributed by atoms with Gasteiger partial charge >= 0.3 is 19.8 Å². The van der Waals surface area contributed by atoms with Gasteiger partial charge in [0.25, 0.3) is 0 Å². The molecule has 55 heavy (non-hydrogen) atoms. The molecule has 0 aliphatic heterocycles. The average molecular weight is 797 g/mol. The zero-order valence-corrected chi connectivity index (χ0v) is 36.0. The summed E-state index contributed by atoms with van der Waals surface area (Å²) in [6, 6.07) is 0. The first kappa shape index (κ1) is 53.0. The van der Waals surface area contributed by atoms with Gasteiger partial charge < -0.3 is 24.4 Å². The van der Waals surface area contributed by atoms with Gasteiger partial charge in [-0.1, -0.05) is 179 Å². The highest BCUT2D eigenvalue weighted by molar-refractivity contribution is 7.46. The van der Waals surface area contributed by atoms with E-state index < -0.39 is 32.5 Å². The number of phosphoric acid groups is 1. The average Bonchev–Trinajstić information content (AvgIpc) is 3.13. The largest absolute Gasteiger partial charge is 0.469 e. The van der Waals surface area contributed by atoms with Crippen LogP contribution >= 0.6 is 7.82 Å². The first-order valence-electron chi connectivity index (χ1n) is 21.9. The summed E-state index contributed by atoms with van der Waals surface area (Å²) in [6.07, 6.45) is 43.3. The van der Waals surface area contributed by atoms with Gasteiger partial charge in [0.15, 0.2) is 6.10 Å². The van der Waals surface area contributed by atoms with Crippen molar-refractivity contribution >= 4 is 19.8 Å². The van der Waals surface area contributed by atoms with Crippen molar-refractivity contribution in [2.24, 2.45) is 5.92 Å². The van der Waals surface area contributed by atoms with E-state index in [1.165, 1.54) is 83.5 Å². The van der Waals surface area contributed by atoms with Crippen LogP contribution in [-0.4, -0.2) is 52.3 Å². The van der Waals surface area contributed by atoms with Crippen molar-refractivity contribution in [3.8, 4) is 0 Å². The Kier molecular flexibility index (Phi) is 37.4. The second-order valence-electron chi connectivity index (χ2n) is 15.3. The number of carbonyl (C=O) groups is 2. The van der Waals surface area contributed by atoms with Crippen molar-refractivity contribution in [3.05, 3.63) is 48.6 Å². The van der Waals surface area contributed by atoms with E-state index in [9.17, 15) is 19.3 Å². The van der Waals surface area contributed by atoms with Crippen molar-refractivity contribution in [1.29, 1.82) is 0 Å². The number of carbonyl (C=O) groups excluding carboxylic acids is 2. The molecule has 0 aromatic carbocycles. The van der Waals surface area contributed by atoms with Gasteiger partial charge in [-0.2, -0.15) is 0 Å². The van der Waals surface area contributed by atoms with Gasteiger partial charge in [0.05, 0.1) is 12.7 Å². The van der Waals surface area contributed by atoms with Crippen LogP contribution in [0.1, 0.15) is 194 Å². The van der Waals surface area contributed by atoms with Gasteiger partial charge in [-0.15, -0.1) is 0 Å². The van der Waals surface area contributed by atoms with Crippen LogP contribution in [0.3, 0.4) is 0 Å². The van der Waals surface area contributed by atoms with Gasteiger partial charge in [0, 0.05) is 12.8 Å². The summed E-state index contributed by atoms with van der Waals surface area (Å²) < 4.78 is 26.4. The predicted molar refractivity (Wildman–Crippen MR) is 227 cm³/mol. The Morgan fingerprint density at radius 3 is 1.53 bits per heavy atom. The molecule has 0 fully saturated rings. The van der Waals surface area contributed by atoms with Crippen LogP contribution in [0.15, 0.2) is 48.6 Å². The molecule has 10 heteroatoms. The fraction of sp³-hybridized carbons (Fsp3) is 0.778. The van der Waals surface area contributed by atoms with E-state index in [-0.39, 0.29) is 25.6 Å². The lowest BCUT2D eigenvalue weighted by Crippen LogP contribution is -2.29. The number of esters is 2. The maximum absolute atomic E-state index is 12.4. The highest BCUT2D eigenvalue weighted by Crippen LogP contribution is 2.36. The second-order valence-corrected chi connectivity index (χ2v) is 16.6. The third kappa shape index (κ3) is 42.9. The molecule has 2 atom stereocenters. The molecule has 0 rings (SSSR count). The maximum Gasteiger partial charge on any atom is 0.469 e. The van der Waals surface area contributed by atoms with E-state index in [2.05, 4.69) is 55.7 Å². The van der Waals surface area contributed by atoms with E-state index in [4.69, 9.17) is 19.3 Å². The number of hydrogen-bond donors (Lipinski definition) is 3. The fourth-order valence-corrected chi connectivity index (χ4v) is 6.46. The SMILES string of the molecule is CCCC(O)C/C=C\C/C=C\C/C=C\C/C=C\CCCC(=O)OC[C@H](COP(=O)(O)O)OC(=O)CCCCCCCCCCCCCCCCCCC(C)C. The summed E-state index contributed by atoms with van der Waals surface area (Å²) in [5.74, 6) is -0.132. The molecule has 0 bridgehead atoms. The number of aliphatic hydroxyl groups excluding tert-OH is 1. The van der Waals surface area contributed by atoms with Crippen molar-refractivity contribution in [2.45, 2.75) is 206 Å². The van der Waals surface area contributed by atoms with Gasteiger partial charge in [0.2, 0.25) is 0 Å². The number of hydrogen-bond acceptors (Lipinski definition) is 7. The fourth-order valence-electron chi connectivity index (χ4n) is 6.10.